The summed E-state index contributed by atoms with van der Waals surface area (Å²) in [6.07, 6.45) is 0. The Bertz CT molecular complexity index is 5400. The summed E-state index contributed by atoms with van der Waals surface area (Å²) < 4.78 is 344. The molecular formula is C56H37NO. The van der Waals surface area contributed by atoms with Crippen LogP contribution in [0.1, 0.15) is 50.7 Å². The lowest BCUT2D eigenvalue weighted by Gasteiger charge is -2.27. The number of anilines is 3. The third-order valence-corrected chi connectivity index (χ3v) is 8.75. The SMILES string of the molecule is [2H]c1c([2H])c([2H])c(-c2c([2H])c([2H])c([2H])c([2H])c2-c2c([2H])c([2H])c([2H])c(N(c3c([2H])c([2H])c(-c4c([2H])c([2H])c5c([2H])c([2H])c([2H])c([2H])c5c4[2H])c([2H])c3[2H])c3c([2H])c([2H])c(-c4c([2H])c([2H])c([2H])c5c([2H])c([2H])c([2H])c([2H])c45)c4oc5c([2H])c([2H])c([2H])c([2H])c5c34)c2[2H])c([2H])c1[2H]. The minimum absolute atomic E-state index is 0.263. The van der Waals surface area contributed by atoms with Crippen molar-refractivity contribution in [1.82, 2.24) is 0 Å². The number of benzene rings is 10. The Kier molecular flexibility index (Phi) is 3.15. The van der Waals surface area contributed by atoms with Gasteiger partial charge in [0.2, 0.25) is 0 Å². The van der Waals surface area contributed by atoms with E-state index in [2.05, 4.69) is 0 Å². The van der Waals surface area contributed by atoms with Crippen molar-refractivity contribution >= 4 is 60.5 Å². The first-order chi connectivity index (χ1) is 44.2. The van der Waals surface area contributed by atoms with Gasteiger partial charge in [-0.1, -0.05) is 175 Å². The van der Waals surface area contributed by atoms with Gasteiger partial charge >= 0.3 is 0 Å². The highest BCUT2D eigenvalue weighted by atomic mass is 16.3. The minimum Gasteiger partial charge on any atom is -0.455 e. The standard InChI is InChI=1S/C56H37NO/c1-2-15-40(16-3-1)47-22-8-9-24-49(47)44-20-12-21-46(37-44)57(45-32-30-39(31-33-45)43-29-28-38-14-4-5-18-42(38)36-43)53-35-34-51(50-26-13-19-41-17-6-7-23-48(41)50)56-55(53)52-25-10-11-27-54(52)58-56/h1-37H/i1D,2D,3D,4D,5D,6D,7D,8D,9D,10D,11D,12D,13D,14D,15D,16D,17D,18D,19D,20D,21D,22D,23D,24D,25D,26D,27D,28D,29D,30D,31D,32D,33D,34D,35D,36D,37D. The molecule has 2 heteroatoms. The van der Waals surface area contributed by atoms with Crippen molar-refractivity contribution in [2.24, 2.45) is 0 Å². The molecule has 58 heavy (non-hydrogen) atoms. The predicted octanol–water partition coefficient (Wildman–Crippen LogP) is 16.0. The summed E-state index contributed by atoms with van der Waals surface area (Å²) in [5.74, 6) is 0. The molecule has 0 aliphatic heterocycles. The largest absolute Gasteiger partial charge is 0.455 e. The summed E-state index contributed by atoms with van der Waals surface area (Å²) in [7, 11) is 0. The molecular weight excluding hydrogens is 703 g/mol. The van der Waals surface area contributed by atoms with Crippen molar-refractivity contribution in [3.8, 4) is 44.5 Å². The maximum atomic E-state index is 10.3. The first-order valence-electron chi connectivity index (χ1n) is 35.3. The first-order valence-corrected chi connectivity index (χ1v) is 16.8. The van der Waals surface area contributed by atoms with E-state index in [-0.39, 0.29) is 4.90 Å². The highest BCUT2D eigenvalue weighted by Gasteiger charge is 2.23. The van der Waals surface area contributed by atoms with E-state index in [9.17, 15) is 20.6 Å². The van der Waals surface area contributed by atoms with Crippen molar-refractivity contribution in [1.29, 1.82) is 0 Å². The number of rotatable bonds is 7. The molecule has 2 nitrogen and oxygen atoms in total. The average Bonchev–Trinajstić information content (AvgIpc) is 1.45. The van der Waals surface area contributed by atoms with Crippen LogP contribution in [0.5, 0.6) is 0 Å². The number of nitrogens with zero attached hydrogens (tertiary/aromatic N) is 1. The van der Waals surface area contributed by atoms with E-state index in [0.717, 1.165) is 0 Å². The fourth-order valence-corrected chi connectivity index (χ4v) is 6.22. The molecule has 11 aromatic rings. The average molecular weight is 777 g/mol. The zero-order chi connectivity index (χ0) is 70.6. The van der Waals surface area contributed by atoms with Crippen molar-refractivity contribution in [3.63, 3.8) is 0 Å². The smallest absolute Gasteiger partial charge is 0.145 e. The van der Waals surface area contributed by atoms with Gasteiger partial charge in [0.15, 0.2) is 0 Å². The van der Waals surface area contributed by atoms with Gasteiger partial charge in [0, 0.05) is 22.3 Å². The number of hydrogen-bond donors (Lipinski definition) is 0. The van der Waals surface area contributed by atoms with E-state index < -0.39 is 329 Å². The second kappa shape index (κ2) is 14.1. The van der Waals surface area contributed by atoms with Crippen LogP contribution in [0.3, 0.4) is 0 Å². The number of furan rings is 1. The van der Waals surface area contributed by atoms with Crippen LogP contribution in [-0.4, -0.2) is 0 Å². The zero-order valence-corrected chi connectivity index (χ0v) is 28.9. The van der Waals surface area contributed by atoms with Gasteiger partial charge in [0.05, 0.1) is 61.8 Å². The number of hydrogen-bond acceptors (Lipinski definition) is 2. The molecule has 0 aliphatic rings. The van der Waals surface area contributed by atoms with Crippen molar-refractivity contribution in [2.45, 2.75) is 0 Å². The van der Waals surface area contributed by atoms with E-state index in [1.807, 2.05) is 0 Å². The van der Waals surface area contributed by atoms with Gasteiger partial charge in [0.1, 0.15) is 11.2 Å². The summed E-state index contributed by atoms with van der Waals surface area (Å²) in [6.45, 7) is 0. The van der Waals surface area contributed by atoms with Crippen LogP contribution in [-0.2, 0) is 0 Å². The molecule has 10 aromatic carbocycles. The molecule has 0 fully saturated rings. The Hall–Kier alpha value is -7.68. The summed E-state index contributed by atoms with van der Waals surface area (Å²) >= 11 is 0. The molecule has 272 valence electrons. The molecule has 11 rings (SSSR count). The predicted molar refractivity (Wildman–Crippen MR) is 245 cm³/mol. The van der Waals surface area contributed by atoms with E-state index in [0.29, 0.717) is 0 Å². The Labute approximate surface area is 389 Å². The molecule has 0 N–H and O–H groups in total. The van der Waals surface area contributed by atoms with Gasteiger partial charge < -0.3 is 9.32 Å². The van der Waals surface area contributed by atoms with Crippen LogP contribution in [0, 0.1) is 0 Å². The zero-order valence-electron chi connectivity index (χ0n) is 65.9. The van der Waals surface area contributed by atoms with Crippen molar-refractivity contribution in [2.75, 3.05) is 4.90 Å². The quantitative estimate of drug-likeness (QED) is 0.160. The van der Waals surface area contributed by atoms with Gasteiger partial charge in [-0.25, -0.2) is 0 Å². The Morgan fingerprint density at radius 3 is 1.81 bits per heavy atom. The lowest BCUT2D eigenvalue weighted by Crippen LogP contribution is -2.10. The lowest BCUT2D eigenvalue weighted by atomic mass is 9.94. The first kappa shape index (κ1) is 12.9. The normalized spacial score (nSPS) is 20.4. The molecule has 0 spiro atoms. The van der Waals surface area contributed by atoms with Crippen LogP contribution in [0.15, 0.2) is 228 Å². The van der Waals surface area contributed by atoms with E-state index >= 15 is 0 Å². The summed E-state index contributed by atoms with van der Waals surface area (Å²) in [5, 5.41) is -4.72. The van der Waals surface area contributed by atoms with E-state index in [4.69, 9.17) is 34.6 Å². The molecule has 0 saturated carbocycles. The fraction of sp³-hybridized carbons (Fsp3) is 0. The van der Waals surface area contributed by atoms with Gasteiger partial charge in [-0.3, -0.25) is 0 Å². The Morgan fingerprint density at radius 2 is 0.966 bits per heavy atom. The lowest BCUT2D eigenvalue weighted by molar-refractivity contribution is 0.670. The summed E-state index contributed by atoms with van der Waals surface area (Å²) in [4.78, 5) is 0.263. The number of para-hydroxylation sites is 1. The molecule has 0 bridgehead atoms. The van der Waals surface area contributed by atoms with E-state index in [1.54, 1.807) is 0 Å². The molecule has 1 heterocycles. The van der Waals surface area contributed by atoms with Gasteiger partial charge in [0.25, 0.3) is 0 Å². The maximum Gasteiger partial charge on any atom is 0.145 e. The Balaban J connectivity index is 1.43. The van der Waals surface area contributed by atoms with Gasteiger partial charge in [-0.2, -0.15) is 0 Å². The molecule has 0 unspecified atom stereocenters. The summed E-state index contributed by atoms with van der Waals surface area (Å²) in [5.41, 5.74) is -14.0. The monoisotopic (exact) mass is 777 g/mol. The highest BCUT2D eigenvalue weighted by molar-refractivity contribution is 6.18. The second-order valence-electron chi connectivity index (χ2n) is 12.0. The second-order valence-corrected chi connectivity index (χ2v) is 12.0. The minimum atomic E-state index is -1.46. The van der Waals surface area contributed by atoms with Crippen molar-refractivity contribution < 1.29 is 55.1 Å². The molecule has 0 amide bonds. The van der Waals surface area contributed by atoms with E-state index in [1.165, 1.54) is 0 Å². The van der Waals surface area contributed by atoms with Gasteiger partial charge in [-0.05, 0) is 109 Å². The van der Waals surface area contributed by atoms with Crippen LogP contribution in [0.25, 0.3) is 88.0 Å². The molecule has 0 saturated heterocycles. The van der Waals surface area contributed by atoms with Crippen LogP contribution in [0.4, 0.5) is 17.1 Å². The maximum absolute atomic E-state index is 10.3. The number of fused-ring (bicyclic) bond motifs is 5. The molecule has 1 aromatic heterocycles. The summed E-state index contributed by atoms with van der Waals surface area (Å²) in [6, 6.07) is -42.0. The third kappa shape index (κ3) is 5.82. The van der Waals surface area contributed by atoms with Gasteiger partial charge in [-0.15, -0.1) is 0 Å². The van der Waals surface area contributed by atoms with Crippen LogP contribution < -0.4 is 4.90 Å². The highest BCUT2D eigenvalue weighted by Crippen LogP contribution is 2.48. The third-order valence-electron chi connectivity index (χ3n) is 8.75. The Morgan fingerprint density at radius 1 is 0.345 bits per heavy atom. The topological polar surface area (TPSA) is 16.4 Å². The molecule has 0 atom stereocenters. The molecule has 0 aliphatic carbocycles. The van der Waals surface area contributed by atoms with Crippen LogP contribution in [0.2, 0.25) is 0 Å². The molecule has 0 radical (unpaired) electrons. The van der Waals surface area contributed by atoms with Crippen molar-refractivity contribution in [3.05, 3.63) is 224 Å². The fourth-order valence-electron chi connectivity index (χ4n) is 6.22. The van der Waals surface area contributed by atoms with Crippen LogP contribution >= 0.6 is 0 Å².